The van der Waals surface area contributed by atoms with E-state index in [2.05, 4.69) is 98.8 Å². The van der Waals surface area contributed by atoms with Crippen molar-refractivity contribution in [2.45, 2.75) is 64.0 Å². The van der Waals surface area contributed by atoms with E-state index in [0.717, 1.165) is 41.1 Å². The number of aliphatic imine (C=N–C) groups is 1. The third-order valence-electron chi connectivity index (χ3n) is 6.12. The third kappa shape index (κ3) is 8.95. The summed E-state index contributed by atoms with van der Waals surface area (Å²) in [6.07, 6.45) is 12.9. The maximum atomic E-state index is 10.1. The summed E-state index contributed by atoms with van der Waals surface area (Å²) in [6, 6.07) is 8.32. The van der Waals surface area contributed by atoms with Gasteiger partial charge in [0.25, 0.3) is 0 Å². The molecule has 0 spiro atoms. The highest BCUT2D eigenvalue weighted by Crippen LogP contribution is 2.46. The Kier molecular flexibility index (Phi) is 13.2. The van der Waals surface area contributed by atoms with E-state index >= 15 is 0 Å². The van der Waals surface area contributed by atoms with E-state index in [0.29, 0.717) is 18.8 Å². The Labute approximate surface area is 224 Å². The van der Waals surface area contributed by atoms with Crippen molar-refractivity contribution in [3.05, 3.63) is 90.0 Å². The van der Waals surface area contributed by atoms with Crippen LogP contribution >= 0.6 is 11.8 Å². The first-order valence-corrected chi connectivity index (χ1v) is 13.7. The van der Waals surface area contributed by atoms with Crippen molar-refractivity contribution >= 4 is 24.2 Å². The monoisotopic (exact) mass is 509 g/mol. The predicted molar refractivity (Wildman–Crippen MR) is 162 cm³/mol. The molecular formula is C31H47N3OS. The Morgan fingerprint density at radius 3 is 2.19 bits per heavy atom. The van der Waals surface area contributed by atoms with Crippen molar-refractivity contribution in [3.63, 3.8) is 0 Å². The standard InChI is InChI=1S/C26H35N3OS.C3H8.C2H4/c1-19(29(4)5)15-16-31-24(21-9-7-6-8-10-21)23(28-3)20-11-13-22(14-12-20)26(27)17-25(2,30)18-26;1-3-2;1-2/h6-9,11-14,21,30H,1,3,10,15-18,27H2,2,4-5H3;3H2,1-2H3;1-2H2/b24-23-;;. The Balaban J connectivity index is 0.00000120. The van der Waals surface area contributed by atoms with E-state index in [9.17, 15) is 5.11 Å². The number of thioether (sulfide) groups is 1. The normalized spacial score (nSPS) is 24.7. The topological polar surface area (TPSA) is 61.8 Å². The molecule has 0 aromatic heterocycles. The molecule has 2 aliphatic rings. The summed E-state index contributed by atoms with van der Waals surface area (Å²) < 4.78 is 0. The van der Waals surface area contributed by atoms with Crippen molar-refractivity contribution in [2.75, 3.05) is 19.8 Å². The maximum absolute atomic E-state index is 10.1. The lowest BCUT2D eigenvalue weighted by Crippen LogP contribution is -2.58. The molecule has 0 heterocycles. The first-order chi connectivity index (χ1) is 17.1. The van der Waals surface area contributed by atoms with Crippen molar-refractivity contribution in [2.24, 2.45) is 16.6 Å². The number of rotatable bonds is 9. The molecule has 1 aromatic rings. The smallest absolute Gasteiger partial charge is 0.0795 e. The number of nitrogens with two attached hydrogens (primary N) is 1. The van der Waals surface area contributed by atoms with E-state index in [4.69, 9.17) is 5.73 Å². The van der Waals surface area contributed by atoms with Gasteiger partial charge in [-0.3, -0.25) is 4.99 Å². The number of nitrogens with zero attached hydrogens (tertiary/aromatic N) is 2. The molecule has 0 radical (unpaired) electrons. The van der Waals surface area contributed by atoms with Gasteiger partial charge in [-0.2, -0.15) is 0 Å². The highest BCUT2D eigenvalue weighted by Gasteiger charge is 2.49. The zero-order chi connectivity index (χ0) is 27.4. The maximum Gasteiger partial charge on any atom is 0.0795 e. The first kappa shape index (κ1) is 31.7. The minimum absolute atomic E-state index is 0.297. The molecule has 1 atom stereocenters. The summed E-state index contributed by atoms with van der Waals surface area (Å²) in [7, 11) is 4.06. The minimum Gasteiger partial charge on any atom is -0.390 e. The Morgan fingerprint density at radius 2 is 1.75 bits per heavy atom. The summed E-state index contributed by atoms with van der Waals surface area (Å²) in [6.45, 7) is 20.1. The molecule has 0 aliphatic heterocycles. The van der Waals surface area contributed by atoms with Crippen molar-refractivity contribution in [1.29, 1.82) is 0 Å². The highest BCUT2D eigenvalue weighted by atomic mass is 32.2. The lowest BCUT2D eigenvalue weighted by molar-refractivity contribution is -0.0738. The quantitative estimate of drug-likeness (QED) is 0.271. The summed E-state index contributed by atoms with van der Waals surface area (Å²) in [5, 5.41) is 10.1. The van der Waals surface area contributed by atoms with Crippen LogP contribution in [0.5, 0.6) is 0 Å². The number of aliphatic hydroxyl groups is 1. The van der Waals surface area contributed by atoms with E-state index < -0.39 is 11.1 Å². The lowest BCUT2D eigenvalue weighted by atomic mass is 9.63. The summed E-state index contributed by atoms with van der Waals surface area (Å²) in [4.78, 5) is 7.77. The van der Waals surface area contributed by atoms with Gasteiger partial charge in [0.05, 0.1) is 11.3 Å². The number of allylic oxidation sites excluding steroid dienone is 6. The second-order valence-electron chi connectivity index (χ2n) is 9.88. The van der Waals surface area contributed by atoms with Gasteiger partial charge < -0.3 is 15.7 Å². The van der Waals surface area contributed by atoms with Crippen molar-refractivity contribution in [3.8, 4) is 0 Å². The number of hydrogen-bond acceptors (Lipinski definition) is 5. The molecule has 4 nitrogen and oxygen atoms in total. The van der Waals surface area contributed by atoms with Crippen LogP contribution in [0.3, 0.4) is 0 Å². The first-order valence-electron chi connectivity index (χ1n) is 12.7. The second-order valence-corrected chi connectivity index (χ2v) is 11.0. The Bertz CT molecular complexity index is 933. The number of hydrogen-bond donors (Lipinski definition) is 2. The van der Waals surface area contributed by atoms with Crippen LogP contribution in [-0.2, 0) is 5.54 Å². The van der Waals surface area contributed by atoms with Crippen LogP contribution in [0.15, 0.2) is 83.9 Å². The molecule has 198 valence electrons. The molecule has 5 heteroatoms. The Morgan fingerprint density at radius 1 is 1.17 bits per heavy atom. The Hall–Kier alpha value is -2.34. The minimum atomic E-state index is -0.664. The van der Waals surface area contributed by atoms with Gasteiger partial charge in [-0.15, -0.1) is 24.9 Å². The van der Waals surface area contributed by atoms with Gasteiger partial charge in [0, 0.05) is 47.5 Å². The van der Waals surface area contributed by atoms with Crippen LogP contribution in [0.2, 0.25) is 0 Å². The van der Waals surface area contributed by atoms with Gasteiger partial charge in [-0.25, -0.2) is 0 Å². The van der Waals surface area contributed by atoms with E-state index in [1.54, 1.807) is 0 Å². The fraction of sp³-hybridized carbons (Fsp3) is 0.452. The van der Waals surface area contributed by atoms with Crippen molar-refractivity contribution < 1.29 is 5.11 Å². The van der Waals surface area contributed by atoms with Crippen LogP contribution in [0.4, 0.5) is 0 Å². The van der Waals surface area contributed by atoms with Crippen LogP contribution in [-0.4, -0.2) is 42.2 Å². The zero-order valence-electron chi connectivity index (χ0n) is 23.1. The van der Waals surface area contributed by atoms with Gasteiger partial charge in [-0.05, 0) is 44.9 Å². The molecule has 36 heavy (non-hydrogen) atoms. The van der Waals surface area contributed by atoms with Gasteiger partial charge in [0.2, 0.25) is 0 Å². The lowest BCUT2D eigenvalue weighted by Gasteiger charge is -2.49. The summed E-state index contributed by atoms with van der Waals surface area (Å²) in [5.74, 6) is 1.24. The molecule has 1 aromatic carbocycles. The summed E-state index contributed by atoms with van der Waals surface area (Å²) in [5.41, 5.74) is 9.56. The molecule has 3 N–H and O–H groups in total. The van der Waals surface area contributed by atoms with E-state index in [1.807, 2.05) is 32.8 Å². The van der Waals surface area contributed by atoms with Gasteiger partial charge in [-0.1, -0.05) is 75.4 Å². The van der Waals surface area contributed by atoms with E-state index in [1.165, 1.54) is 11.3 Å². The molecule has 3 rings (SSSR count). The fourth-order valence-corrected chi connectivity index (χ4v) is 5.68. The molecule has 0 bridgehead atoms. The fourth-order valence-electron chi connectivity index (χ4n) is 4.41. The van der Waals surface area contributed by atoms with Crippen LogP contribution < -0.4 is 5.73 Å². The van der Waals surface area contributed by atoms with Gasteiger partial charge in [0.1, 0.15) is 0 Å². The van der Waals surface area contributed by atoms with Crippen LogP contribution in [0.25, 0.3) is 5.70 Å². The molecule has 1 unspecified atom stereocenters. The second kappa shape index (κ2) is 15.0. The average molecular weight is 510 g/mol. The van der Waals surface area contributed by atoms with Crippen molar-refractivity contribution in [1.82, 2.24) is 4.90 Å². The zero-order valence-corrected chi connectivity index (χ0v) is 23.9. The predicted octanol–water partition coefficient (Wildman–Crippen LogP) is 7.30. The molecule has 0 saturated heterocycles. The van der Waals surface area contributed by atoms with Crippen LogP contribution in [0, 0.1) is 5.92 Å². The average Bonchev–Trinajstić information content (AvgIpc) is 2.84. The largest absolute Gasteiger partial charge is 0.390 e. The molecule has 2 aliphatic carbocycles. The molecule has 1 saturated carbocycles. The summed E-state index contributed by atoms with van der Waals surface area (Å²) >= 11 is 1.84. The van der Waals surface area contributed by atoms with Crippen LogP contribution in [0.1, 0.15) is 64.0 Å². The van der Waals surface area contributed by atoms with Gasteiger partial charge in [0.15, 0.2) is 0 Å². The molecular weight excluding hydrogens is 462 g/mol. The SMILES string of the molecule is C=C.C=N/C(=C(\SCCC(=C)N(C)C)C1C=CC=CC1)c1ccc(C2(N)CC(C)(O)C2)cc1.CCC. The van der Waals surface area contributed by atoms with E-state index in [-0.39, 0.29) is 0 Å². The number of benzene rings is 1. The van der Waals surface area contributed by atoms with Gasteiger partial charge >= 0.3 is 0 Å². The third-order valence-corrected chi connectivity index (χ3v) is 7.33. The molecule has 0 amide bonds. The molecule has 1 fully saturated rings. The highest BCUT2D eigenvalue weighted by molar-refractivity contribution is 8.03.